The fraction of sp³-hybridized carbons (Fsp3) is 0.286. The van der Waals surface area contributed by atoms with E-state index in [-0.39, 0.29) is 11.8 Å². The largest absolute Gasteiger partial charge is 0.493 e. The molecule has 2 aromatic rings. The third kappa shape index (κ3) is 6.58. The molecule has 0 saturated carbocycles. The average molecular weight is 367 g/mol. The molecular weight excluding hydrogens is 342 g/mol. The summed E-state index contributed by atoms with van der Waals surface area (Å²) in [5.41, 5.74) is 4.38. The Labute approximate surface area is 159 Å². The van der Waals surface area contributed by atoms with Crippen LogP contribution in [-0.4, -0.2) is 24.6 Å². The van der Waals surface area contributed by atoms with E-state index in [1.54, 1.807) is 30.5 Å². The van der Waals surface area contributed by atoms with Gasteiger partial charge in [-0.1, -0.05) is 26.0 Å². The summed E-state index contributed by atoms with van der Waals surface area (Å²) >= 11 is 0. The number of anilines is 1. The molecule has 0 aliphatic rings. The lowest BCUT2D eigenvalue weighted by Gasteiger charge is -2.08. The number of hydrazone groups is 1. The van der Waals surface area contributed by atoms with Crippen molar-refractivity contribution in [3.05, 3.63) is 59.7 Å². The number of carbonyl (C=O) groups is 2. The second-order valence-electron chi connectivity index (χ2n) is 6.39. The van der Waals surface area contributed by atoms with Crippen molar-refractivity contribution in [3.63, 3.8) is 0 Å². The van der Waals surface area contributed by atoms with Crippen LogP contribution in [0.1, 0.15) is 43.1 Å². The molecule has 2 amide bonds. The lowest BCUT2D eigenvalue weighted by molar-refractivity contribution is -0.116. The number of nitrogens with zero attached hydrogens (tertiary/aromatic N) is 1. The minimum absolute atomic E-state index is 0.0419. The van der Waals surface area contributed by atoms with Gasteiger partial charge in [-0.05, 0) is 49.2 Å². The Morgan fingerprint density at radius 3 is 2.48 bits per heavy atom. The molecule has 0 aliphatic heterocycles. The first-order valence-electron chi connectivity index (χ1n) is 8.94. The van der Waals surface area contributed by atoms with Crippen LogP contribution >= 0.6 is 0 Å². The second-order valence-corrected chi connectivity index (χ2v) is 6.39. The van der Waals surface area contributed by atoms with Crippen molar-refractivity contribution in [1.82, 2.24) is 5.43 Å². The standard InChI is InChI=1S/C21H25N3O3/c1-4-27-19-8-6-5-7-17(19)14-22-24-21(26)16-9-11-18(12-10-16)23-20(25)13-15(2)3/h5-12,14-15H,4,13H2,1-3H3,(H,23,25)(H,24,26)/b22-14+. The first-order valence-corrected chi connectivity index (χ1v) is 8.94. The van der Waals surface area contributed by atoms with Gasteiger partial charge in [0, 0.05) is 23.2 Å². The van der Waals surface area contributed by atoms with Gasteiger partial charge in [0.2, 0.25) is 5.91 Å². The van der Waals surface area contributed by atoms with Crippen LogP contribution in [-0.2, 0) is 4.79 Å². The van der Waals surface area contributed by atoms with Gasteiger partial charge in [-0.2, -0.15) is 5.10 Å². The predicted molar refractivity (Wildman–Crippen MR) is 107 cm³/mol. The molecule has 27 heavy (non-hydrogen) atoms. The summed E-state index contributed by atoms with van der Waals surface area (Å²) in [6, 6.07) is 14.1. The number of hydrogen-bond acceptors (Lipinski definition) is 4. The number of para-hydroxylation sites is 1. The number of carbonyl (C=O) groups excluding carboxylic acids is 2. The second kappa shape index (κ2) is 10.1. The van der Waals surface area contributed by atoms with Crippen LogP contribution in [0.3, 0.4) is 0 Å². The summed E-state index contributed by atoms with van der Waals surface area (Å²) in [7, 11) is 0. The predicted octanol–water partition coefficient (Wildman–Crippen LogP) is 3.83. The fourth-order valence-electron chi connectivity index (χ4n) is 2.39. The number of benzene rings is 2. The molecule has 0 saturated heterocycles. The van der Waals surface area contributed by atoms with Crippen LogP contribution in [0.5, 0.6) is 5.75 Å². The van der Waals surface area contributed by atoms with Crippen LogP contribution in [0.4, 0.5) is 5.69 Å². The summed E-state index contributed by atoms with van der Waals surface area (Å²) < 4.78 is 5.51. The summed E-state index contributed by atoms with van der Waals surface area (Å²) in [5, 5.41) is 6.80. The Morgan fingerprint density at radius 1 is 1.11 bits per heavy atom. The quantitative estimate of drug-likeness (QED) is 0.550. The molecule has 0 atom stereocenters. The SMILES string of the molecule is CCOc1ccccc1/C=N/NC(=O)c1ccc(NC(=O)CC(C)C)cc1. The van der Waals surface area contributed by atoms with Gasteiger partial charge in [0.25, 0.3) is 5.91 Å². The van der Waals surface area contributed by atoms with Crippen LogP contribution in [0.2, 0.25) is 0 Å². The van der Waals surface area contributed by atoms with Crippen LogP contribution in [0.25, 0.3) is 0 Å². The molecule has 2 aromatic carbocycles. The Bertz CT molecular complexity index is 799. The van der Waals surface area contributed by atoms with E-state index in [1.807, 2.05) is 45.0 Å². The van der Waals surface area contributed by atoms with Gasteiger partial charge in [0.15, 0.2) is 0 Å². The highest BCUT2D eigenvalue weighted by Crippen LogP contribution is 2.15. The van der Waals surface area contributed by atoms with E-state index in [1.165, 1.54) is 0 Å². The van der Waals surface area contributed by atoms with Crippen LogP contribution in [0.15, 0.2) is 53.6 Å². The van der Waals surface area contributed by atoms with Crippen molar-refractivity contribution >= 4 is 23.7 Å². The molecule has 0 fully saturated rings. The van der Waals surface area contributed by atoms with Crippen molar-refractivity contribution in [3.8, 4) is 5.75 Å². The highest BCUT2D eigenvalue weighted by atomic mass is 16.5. The molecule has 0 unspecified atom stereocenters. The van der Waals surface area contributed by atoms with Gasteiger partial charge in [-0.15, -0.1) is 0 Å². The van der Waals surface area contributed by atoms with Gasteiger partial charge in [0.1, 0.15) is 5.75 Å². The van der Waals surface area contributed by atoms with E-state index >= 15 is 0 Å². The van der Waals surface area contributed by atoms with Crippen molar-refractivity contribution < 1.29 is 14.3 Å². The van der Waals surface area contributed by atoms with E-state index in [9.17, 15) is 9.59 Å². The molecule has 0 heterocycles. The molecule has 2 N–H and O–H groups in total. The monoisotopic (exact) mass is 367 g/mol. The van der Waals surface area contributed by atoms with Gasteiger partial charge in [0.05, 0.1) is 12.8 Å². The van der Waals surface area contributed by atoms with Crippen molar-refractivity contribution in [2.24, 2.45) is 11.0 Å². The summed E-state index contributed by atoms with van der Waals surface area (Å²) in [4.78, 5) is 24.0. The summed E-state index contributed by atoms with van der Waals surface area (Å²) in [5.74, 6) is 0.625. The van der Waals surface area contributed by atoms with Crippen LogP contribution < -0.4 is 15.5 Å². The smallest absolute Gasteiger partial charge is 0.271 e. The zero-order valence-corrected chi connectivity index (χ0v) is 15.9. The topological polar surface area (TPSA) is 79.8 Å². The minimum atomic E-state index is -0.333. The fourth-order valence-corrected chi connectivity index (χ4v) is 2.39. The normalized spacial score (nSPS) is 10.8. The Hall–Kier alpha value is -3.15. The molecule has 0 bridgehead atoms. The molecule has 0 aliphatic carbocycles. The maximum Gasteiger partial charge on any atom is 0.271 e. The van der Waals surface area contributed by atoms with Crippen LogP contribution in [0, 0.1) is 5.92 Å². The number of amides is 2. The third-order valence-corrected chi connectivity index (χ3v) is 3.61. The lowest BCUT2D eigenvalue weighted by Crippen LogP contribution is -2.18. The maximum atomic E-state index is 12.2. The lowest BCUT2D eigenvalue weighted by atomic mass is 10.1. The van der Waals surface area contributed by atoms with Crippen molar-refractivity contribution in [1.29, 1.82) is 0 Å². The third-order valence-electron chi connectivity index (χ3n) is 3.61. The average Bonchev–Trinajstić information content (AvgIpc) is 2.63. The summed E-state index contributed by atoms with van der Waals surface area (Å²) in [6.07, 6.45) is 2.00. The van der Waals surface area contributed by atoms with Crippen molar-refractivity contribution in [2.75, 3.05) is 11.9 Å². The van der Waals surface area contributed by atoms with Crippen molar-refractivity contribution in [2.45, 2.75) is 27.2 Å². The first kappa shape index (κ1) is 20.2. The highest BCUT2D eigenvalue weighted by molar-refractivity contribution is 5.96. The number of ether oxygens (including phenoxy) is 1. The van der Waals surface area contributed by atoms with E-state index in [2.05, 4.69) is 15.8 Å². The Kier molecular flexibility index (Phi) is 7.55. The number of nitrogens with one attached hydrogen (secondary N) is 2. The minimum Gasteiger partial charge on any atom is -0.493 e. The molecule has 0 radical (unpaired) electrons. The Balaban J connectivity index is 1.93. The number of hydrogen-bond donors (Lipinski definition) is 2. The molecule has 6 nitrogen and oxygen atoms in total. The molecule has 142 valence electrons. The molecule has 0 aromatic heterocycles. The van der Waals surface area contributed by atoms with Gasteiger partial charge >= 0.3 is 0 Å². The first-order chi connectivity index (χ1) is 13.0. The van der Waals surface area contributed by atoms with E-state index in [0.29, 0.717) is 35.9 Å². The molecular formula is C21H25N3O3. The molecule has 2 rings (SSSR count). The zero-order valence-electron chi connectivity index (χ0n) is 15.9. The van der Waals surface area contributed by atoms with E-state index in [0.717, 1.165) is 5.56 Å². The summed E-state index contributed by atoms with van der Waals surface area (Å²) in [6.45, 7) is 6.43. The van der Waals surface area contributed by atoms with Gasteiger partial charge in [-0.25, -0.2) is 5.43 Å². The molecule has 0 spiro atoms. The van der Waals surface area contributed by atoms with E-state index < -0.39 is 0 Å². The molecule has 6 heteroatoms. The van der Waals surface area contributed by atoms with Gasteiger partial charge < -0.3 is 10.1 Å². The highest BCUT2D eigenvalue weighted by Gasteiger charge is 2.07. The maximum absolute atomic E-state index is 12.2. The van der Waals surface area contributed by atoms with Gasteiger partial charge in [-0.3, -0.25) is 9.59 Å². The zero-order chi connectivity index (χ0) is 19.6. The number of rotatable bonds is 8. The van der Waals surface area contributed by atoms with E-state index in [4.69, 9.17) is 4.74 Å². The Morgan fingerprint density at radius 2 is 1.81 bits per heavy atom.